The Balaban J connectivity index is 1.63. The van der Waals surface area contributed by atoms with Crippen LogP contribution in [0.1, 0.15) is 11.1 Å². The third-order valence-electron chi connectivity index (χ3n) is 6.29. The van der Waals surface area contributed by atoms with Gasteiger partial charge in [0.15, 0.2) is 0 Å². The topological polar surface area (TPSA) is 50.8 Å². The third-order valence-corrected chi connectivity index (χ3v) is 9.83. The highest BCUT2D eigenvalue weighted by Crippen LogP contribution is 2.38. The van der Waals surface area contributed by atoms with Crippen molar-refractivity contribution in [3.8, 4) is 23.3 Å². The molecule has 32 heavy (non-hydrogen) atoms. The number of hydrogen-bond acceptors (Lipinski definition) is 3. The van der Waals surface area contributed by atoms with Crippen molar-refractivity contribution in [2.45, 2.75) is 13.1 Å². The van der Waals surface area contributed by atoms with Gasteiger partial charge in [-0.25, -0.2) is 0 Å². The first-order valence-corrected chi connectivity index (χ1v) is 13.6. The van der Waals surface area contributed by atoms with Gasteiger partial charge >= 0.3 is 0 Å². The van der Waals surface area contributed by atoms with Gasteiger partial charge in [0.2, 0.25) is 0 Å². The van der Waals surface area contributed by atoms with Gasteiger partial charge in [-0.3, -0.25) is 0 Å². The first-order valence-electron chi connectivity index (χ1n) is 10.6. The molecule has 0 N–H and O–H groups in total. The van der Waals surface area contributed by atoms with Crippen LogP contribution < -0.4 is 15.3 Å². The van der Waals surface area contributed by atoms with Crippen LogP contribution in [0.25, 0.3) is 11.1 Å². The Morgan fingerprint density at radius 2 is 1.12 bits per heavy atom. The van der Waals surface area contributed by atoms with Gasteiger partial charge in [-0.2, -0.15) is 10.5 Å². The Bertz CT molecular complexity index is 1340. The van der Waals surface area contributed by atoms with Gasteiger partial charge in [-0.15, -0.1) is 0 Å². The monoisotopic (exact) mass is 427 g/mol. The number of nitriles is 2. The van der Waals surface area contributed by atoms with Gasteiger partial charge in [0.05, 0.1) is 23.3 Å². The summed E-state index contributed by atoms with van der Waals surface area (Å²) in [6.45, 7) is 4.83. The van der Waals surface area contributed by atoms with E-state index in [4.69, 9.17) is 0 Å². The Morgan fingerprint density at radius 3 is 1.62 bits per heavy atom. The third kappa shape index (κ3) is 3.10. The van der Waals surface area contributed by atoms with Gasteiger partial charge in [-0.1, -0.05) is 61.6 Å². The summed E-state index contributed by atoms with van der Waals surface area (Å²) in [5.74, 6) is 0. The molecule has 4 aromatic rings. The maximum absolute atomic E-state index is 9.31. The van der Waals surface area contributed by atoms with Crippen molar-refractivity contribution in [2.75, 3.05) is 4.90 Å². The maximum atomic E-state index is 9.31. The quantitative estimate of drug-likeness (QED) is 0.385. The van der Waals surface area contributed by atoms with Crippen LogP contribution in [0.15, 0.2) is 91.0 Å². The molecule has 0 unspecified atom stereocenters. The fourth-order valence-corrected chi connectivity index (χ4v) is 7.66. The summed E-state index contributed by atoms with van der Waals surface area (Å²) in [5, 5.41) is 21.5. The van der Waals surface area contributed by atoms with E-state index in [0.717, 1.165) is 16.8 Å². The number of benzene rings is 4. The second-order valence-electron chi connectivity index (χ2n) is 8.56. The highest BCUT2D eigenvalue weighted by molar-refractivity contribution is 7.02. The zero-order chi connectivity index (χ0) is 22.3. The van der Waals surface area contributed by atoms with Crippen molar-refractivity contribution in [1.82, 2.24) is 0 Å². The second-order valence-corrected chi connectivity index (χ2v) is 12.9. The Hall–Kier alpha value is -4.12. The molecule has 1 heterocycles. The first-order chi connectivity index (χ1) is 15.5. The lowest BCUT2D eigenvalue weighted by molar-refractivity contribution is 1.29. The van der Waals surface area contributed by atoms with E-state index in [1.54, 1.807) is 6.07 Å². The number of rotatable bonds is 2. The lowest BCUT2D eigenvalue weighted by atomic mass is 10.00. The van der Waals surface area contributed by atoms with Crippen LogP contribution in [-0.4, -0.2) is 8.07 Å². The predicted octanol–water partition coefficient (Wildman–Crippen LogP) is 5.70. The molecule has 0 saturated carbocycles. The minimum absolute atomic E-state index is 0.495. The van der Waals surface area contributed by atoms with Crippen molar-refractivity contribution in [2.24, 2.45) is 0 Å². The molecule has 5 rings (SSSR count). The lowest BCUT2D eigenvalue weighted by Gasteiger charge is -2.41. The van der Waals surface area contributed by atoms with Crippen molar-refractivity contribution in [3.63, 3.8) is 0 Å². The van der Waals surface area contributed by atoms with Gasteiger partial charge < -0.3 is 4.90 Å². The molecule has 0 fully saturated rings. The molecule has 1 aliphatic heterocycles. The van der Waals surface area contributed by atoms with Crippen LogP contribution in [0, 0.1) is 22.7 Å². The summed E-state index contributed by atoms with van der Waals surface area (Å²) in [5.41, 5.74) is 6.43. The predicted molar refractivity (Wildman–Crippen MR) is 133 cm³/mol. The summed E-state index contributed by atoms with van der Waals surface area (Å²) in [6, 6.07) is 35.4. The summed E-state index contributed by atoms with van der Waals surface area (Å²) in [6.07, 6.45) is 0. The van der Waals surface area contributed by atoms with Crippen LogP contribution >= 0.6 is 0 Å². The SMILES string of the molecule is C[Si]1(C)c2ccccc2N(c2ccc(-c3cc(C#N)cc(C#N)c3)cc2)c2ccccc21. The smallest absolute Gasteiger partial charge is 0.117 e. The van der Waals surface area contributed by atoms with E-state index >= 15 is 0 Å². The molecule has 4 heteroatoms. The molecular formula is C28H21N3Si. The fourth-order valence-electron chi connectivity index (χ4n) is 4.67. The van der Waals surface area contributed by atoms with Crippen LogP contribution in [0.4, 0.5) is 17.1 Å². The molecule has 0 atom stereocenters. The number of nitrogens with zero attached hydrogens (tertiary/aromatic N) is 3. The summed E-state index contributed by atoms with van der Waals surface area (Å²) in [4.78, 5) is 2.35. The minimum Gasteiger partial charge on any atom is -0.311 e. The van der Waals surface area contributed by atoms with E-state index in [-0.39, 0.29) is 0 Å². The summed E-state index contributed by atoms with van der Waals surface area (Å²) >= 11 is 0. The standard InChI is InChI=1S/C28H21N3Si/c1-32(2)27-9-5-3-7-25(27)31(26-8-4-6-10-28(26)32)24-13-11-22(12-14-24)23-16-20(18-29)15-21(17-23)19-30/h3-17H,1-2H3. The largest absolute Gasteiger partial charge is 0.311 e. The zero-order valence-electron chi connectivity index (χ0n) is 18.0. The van der Waals surface area contributed by atoms with Gasteiger partial charge in [0, 0.05) is 17.1 Å². The van der Waals surface area contributed by atoms with Gasteiger partial charge in [0.25, 0.3) is 0 Å². The Kier molecular flexibility index (Phi) is 4.67. The molecule has 0 radical (unpaired) electrons. The van der Waals surface area contributed by atoms with E-state index in [2.05, 4.69) is 103 Å². The van der Waals surface area contributed by atoms with E-state index in [1.165, 1.54) is 21.7 Å². The highest BCUT2D eigenvalue weighted by atomic mass is 28.3. The molecule has 0 spiro atoms. The Morgan fingerprint density at radius 1 is 0.625 bits per heavy atom. The van der Waals surface area contributed by atoms with Crippen LogP contribution in [0.5, 0.6) is 0 Å². The van der Waals surface area contributed by atoms with E-state index in [1.807, 2.05) is 12.1 Å². The normalized spacial score (nSPS) is 13.4. The Labute approximate surface area is 189 Å². The molecule has 0 saturated heterocycles. The van der Waals surface area contributed by atoms with Crippen molar-refractivity contribution in [1.29, 1.82) is 10.5 Å². The molecule has 0 aromatic heterocycles. The maximum Gasteiger partial charge on any atom is 0.117 e. The molecule has 152 valence electrons. The molecular weight excluding hydrogens is 406 g/mol. The number of anilines is 3. The molecule has 0 bridgehead atoms. The highest BCUT2D eigenvalue weighted by Gasteiger charge is 2.37. The fraction of sp³-hybridized carbons (Fsp3) is 0.0714. The molecule has 0 amide bonds. The van der Waals surface area contributed by atoms with Gasteiger partial charge in [0.1, 0.15) is 8.07 Å². The number of para-hydroxylation sites is 2. The van der Waals surface area contributed by atoms with E-state index in [9.17, 15) is 10.5 Å². The molecule has 0 aliphatic carbocycles. The molecule has 4 aromatic carbocycles. The summed E-state index contributed by atoms with van der Waals surface area (Å²) in [7, 11) is -1.79. The number of hydrogen-bond donors (Lipinski definition) is 0. The lowest BCUT2D eigenvalue weighted by Crippen LogP contribution is -2.58. The van der Waals surface area contributed by atoms with Crippen LogP contribution in [-0.2, 0) is 0 Å². The average Bonchev–Trinajstić information content (AvgIpc) is 2.84. The van der Waals surface area contributed by atoms with Crippen molar-refractivity contribution in [3.05, 3.63) is 102 Å². The molecule has 1 aliphatic rings. The second kappa shape index (κ2) is 7.53. The minimum atomic E-state index is -1.79. The van der Waals surface area contributed by atoms with Crippen molar-refractivity contribution >= 4 is 35.5 Å². The van der Waals surface area contributed by atoms with Crippen LogP contribution in [0.3, 0.4) is 0 Å². The van der Waals surface area contributed by atoms with Gasteiger partial charge in [-0.05, 0) is 64.0 Å². The zero-order valence-corrected chi connectivity index (χ0v) is 19.0. The number of fused-ring (bicyclic) bond motifs is 2. The van der Waals surface area contributed by atoms with Crippen molar-refractivity contribution < 1.29 is 0 Å². The van der Waals surface area contributed by atoms with E-state index in [0.29, 0.717) is 11.1 Å². The summed E-state index contributed by atoms with van der Waals surface area (Å²) < 4.78 is 0. The van der Waals surface area contributed by atoms with E-state index < -0.39 is 8.07 Å². The first kappa shape index (κ1) is 19.8. The molecule has 3 nitrogen and oxygen atoms in total. The average molecular weight is 428 g/mol. The van der Waals surface area contributed by atoms with Crippen LogP contribution in [0.2, 0.25) is 13.1 Å².